The summed E-state index contributed by atoms with van der Waals surface area (Å²) in [6, 6.07) is 6.82. The van der Waals surface area contributed by atoms with Crippen LogP contribution in [0.1, 0.15) is 26.3 Å². The number of halogens is 1. The largest absolute Gasteiger partial charge is 0.356 e. The maximum atomic E-state index is 13.5. The van der Waals surface area contributed by atoms with Crippen LogP contribution in [0.5, 0.6) is 0 Å². The predicted octanol–water partition coefficient (Wildman–Crippen LogP) is 1.91. The third kappa shape index (κ3) is 6.25. The van der Waals surface area contributed by atoms with Crippen LogP contribution in [-0.4, -0.2) is 75.2 Å². The lowest BCUT2D eigenvalue weighted by Crippen LogP contribution is -2.49. The van der Waals surface area contributed by atoms with Gasteiger partial charge in [-0.05, 0) is 24.2 Å². The Morgan fingerprint density at radius 3 is 2.46 bits per heavy atom. The molecule has 2 rings (SSSR count). The molecule has 2 N–H and O–H groups in total. The van der Waals surface area contributed by atoms with Crippen molar-refractivity contribution in [1.82, 2.24) is 20.4 Å². The Bertz CT molecular complexity index is 579. The van der Waals surface area contributed by atoms with Crippen LogP contribution in [-0.2, 0) is 5.41 Å². The third-order valence-corrected chi connectivity index (χ3v) is 5.16. The zero-order valence-electron chi connectivity index (χ0n) is 16.7. The van der Waals surface area contributed by atoms with Crippen molar-refractivity contribution >= 4 is 5.96 Å². The van der Waals surface area contributed by atoms with Crippen LogP contribution in [0.3, 0.4) is 0 Å². The van der Waals surface area contributed by atoms with Crippen molar-refractivity contribution in [3.8, 4) is 0 Å². The molecule has 1 saturated heterocycles. The highest BCUT2D eigenvalue weighted by Crippen LogP contribution is 2.22. The number of likely N-dealkylation sites (N-methyl/N-ethyl adjacent to an activating group) is 1. The van der Waals surface area contributed by atoms with E-state index in [-0.39, 0.29) is 11.2 Å². The van der Waals surface area contributed by atoms with Crippen molar-refractivity contribution in [1.29, 1.82) is 0 Å². The van der Waals surface area contributed by atoms with E-state index in [0.717, 1.165) is 57.3 Å². The number of benzene rings is 1. The molecule has 1 aromatic carbocycles. The summed E-state index contributed by atoms with van der Waals surface area (Å²) in [5.74, 6) is 0.600. The maximum Gasteiger partial charge on any atom is 0.191 e. The Hall–Kier alpha value is -1.66. The first-order valence-corrected chi connectivity index (χ1v) is 9.60. The number of hydrogen-bond acceptors (Lipinski definition) is 3. The van der Waals surface area contributed by atoms with Gasteiger partial charge in [0, 0.05) is 58.3 Å². The van der Waals surface area contributed by atoms with Crippen molar-refractivity contribution in [2.24, 2.45) is 4.99 Å². The second kappa shape index (κ2) is 9.88. The van der Waals surface area contributed by atoms with Crippen molar-refractivity contribution in [2.45, 2.75) is 26.2 Å². The average Bonchev–Trinajstić information content (AvgIpc) is 2.65. The van der Waals surface area contributed by atoms with E-state index < -0.39 is 0 Å². The molecule has 0 amide bonds. The number of nitrogens with one attached hydrogen (secondary N) is 2. The third-order valence-electron chi connectivity index (χ3n) is 5.16. The van der Waals surface area contributed by atoms with E-state index in [4.69, 9.17) is 0 Å². The maximum absolute atomic E-state index is 13.5. The Morgan fingerprint density at radius 2 is 1.85 bits per heavy atom. The van der Waals surface area contributed by atoms with Crippen LogP contribution in [0.15, 0.2) is 29.3 Å². The van der Waals surface area contributed by atoms with Crippen LogP contribution in [0.2, 0.25) is 0 Å². The summed E-state index contributed by atoms with van der Waals surface area (Å²) in [5, 5.41) is 6.76. The van der Waals surface area contributed by atoms with E-state index in [1.807, 2.05) is 6.07 Å². The Labute approximate surface area is 157 Å². The fourth-order valence-corrected chi connectivity index (χ4v) is 3.20. The summed E-state index contributed by atoms with van der Waals surface area (Å²) in [7, 11) is 1.78. The topological polar surface area (TPSA) is 42.9 Å². The summed E-state index contributed by atoms with van der Waals surface area (Å²) >= 11 is 0. The van der Waals surface area contributed by atoms with Gasteiger partial charge in [0.25, 0.3) is 0 Å². The molecule has 0 radical (unpaired) electrons. The molecule has 1 aliphatic rings. The predicted molar refractivity (Wildman–Crippen MR) is 107 cm³/mol. The highest BCUT2D eigenvalue weighted by atomic mass is 19.1. The van der Waals surface area contributed by atoms with Gasteiger partial charge in [-0.25, -0.2) is 4.39 Å². The van der Waals surface area contributed by atoms with Crippen molar-refractivity contribution in [2.75, 3.05) is 59.4 Å². The molecular formula is C20H34FN5. The van der Waals surface area contributed by atoms with Crippen molar-refractivity contribution in [3.63, 3.8) is 0 Å². The molecule has 0 aliphatic carbocycles. The molecule has 0 aromatic heterocycles. The van der Waals surface area contributed by atoms with E-state index >= 15 is 0 Å². The van der Waals surface area contributed by atoms with Gasteiger partial charge in [0.2, 0.25) is 0 Å². The minimum Gasteiger partial charge on any atom is -0.356 e. The lowest BCUT2D eigenvalue weighted by Gasteiger charge is -2.34. The molecule has 1 aliphatic heterocycles. The Morgan fingerprint density at radius 1 is 1.15 bits per heavy atom. The normalized spacial score (nSPS) is 17.3. The molecule has 5 nitrogen and oxygen atoms in total. The van der Waals surface area contributed by atoms with Gasteiger partial charge in [-0.1, -0.05) is 32.9 Å². The molecule has 0 atom stereocenters. The van der Waals surface area contributed by atoms with Gasteiger partial charge < -0.3 is 15.5 Å². The van der Waals surface area contributed by atoms with Gasteiger partial charge in [-0.3, -0.25) is 9.89 Å². The molecule has 0 unspecified atom stereocenters. The molecule has 26 heavy (non-hydrogen) atoms. The first-order chi connectivity index (χ1) is 12.4. The van der Waals surface area contributed by atoms with Crippen LogP contribution >= 0.6 is 0 Å². The van der Waals surface area contributed by atoms with Gasteiger partial charge in [0.1, 0.15) is 5.82 Å². The zero-order chi connectivity index (χ0) is 19.0. The van der Waals surface area contributed by atoms with E-state index in [2.05, 4.69) is 46.2 Å². The minimum absolute atomic E-state index is 0.184. The standard InChI is InChI=1S/C20H34FN5/c1-5-25-11-13-26(14-12-25)10-9-23-19(22-4)24-16-20(2,3)17-7-6-8-18(21)15-17/h6-8,15H,5,9-14,16H2,1-4H3,(H2,22,23,24). The SMILES string of the molecule is CCN1CCN(CCNC(=NC)NCC(C)(C)c2cccc(F)c2)CC1. The first kappa shape index (κ1) is 20.6. The molecule has 0 bridgehead atoms. The first-order valence-electron chi connectivity index (χ1n) is 9.60. The van der Waals surface area contributed by atoms with E-state index in [1.165, 1.54) is 6.07 Å². The van der Waals surface area contributed by atoms with Crippen LogP contribution in [0, 0.1) is 5.82 Å². The Balaban J connectivity index is 1.74. The smallest absolute Gasteiger partial charge is 0.191 e. The summed E-state index contributed by atoms with van der Waals surface area (Å²) in [4.78, 5) is 9.28. The molecule has 0 saturated carbocycles. The summed E-state index contributed by atoms with van der Waals surface area (Å²) in [6.45, 7) is 14.7. The highest BCUT2D eigenvalue weighted by Gasteiger charge is 2.21. The summed E-state index contributed by atoms with van der Waals surface area (Å²) in [5.41, 5.74) is 0.796. The number of piperazine rings is 1. The molecule has 146 valence electrons. The van der Waals surface area contributed by atoms with Crippen LogP contribution in [0.25, 0.3) is 0 Å². The molecule has 6 heteroatoms. The van der Waals surface area contributed by atoms with Crippen LogP contribution in [0.4, 0.5) is 4.39 Å². The summed E-state index contributed by atoms with van der Waals surface area (Å²) < 4.78 is 13.5. The highest BCUT2D eigenvalue weighted by molar-refractivity contribution is 5.79. The minimum atomic E-state index is -0.193. The van der Waals surface area contributed by atoms with E-state index in [9.17, 15) is 4.39 Å². The molecule has 1 fully saturated rings. The van der Waals surface area contributed by atoms with E-state index in [1.54, 1.807) is 19.2 Å². The quantitative estimate of drug-likeness (QED) is 0.574. The van der Waals surface area contributed by atoms with Crippen molar-refractivity contribution < 1.29 is 4.39 Å². The lowest BCUT2D eigenvalue weighted by molar-refractivity contribution is 0.139. The molecule has 1 aromatic rings. The molecular weight excluding hydrogens is 329 g/mol. The summed E-state index contributed by atoms with van der Waals surface area (Å²) in [6.07, 6.45) is 0. The second-order valence-corrected chi connectivity index (χ2v) is 7.52. The van der Waals surface area contributed by atoms with Gasteiger partial charge >= 0.3 is 0 Å². The number of aliphatic imine (C=N–C) groups is 1. The second-order valence-electron chi connectivity index (χ2n) is 7.52. The Kier molecular flexibility index (Phi) is 7.85. The number of rotatable bonds is 7. The molecule has 0 spiro atoms. The number of guanidine groups is 1. The number of hydrogen-bond donors (Lipinski definition) is 2. The van der Waals surface area contributed by atoms with Gasteiger partial charge in [0.05, 0.1) is 0 Å². The fourth-order valence-electron chi connectivity index (χ4n) is 3.20. The van der Waals surface area contributed by atoms with Gasteiger partial charge in [-0.15, -0.1) is 0 Å². The van der Waals surface area contributed by atoms with Crippen molar-refractivity contribution in [3.05, 3.63) is 35.6 Å². The van der Waals surface area contributed by atoms with Gasteiger partial charge in [-0.2, -0.15) is 0 Å². The zero-order valence-corrected chi connectivity index (χ0v) is 16.7. The van der Waals surface area contributed by atoms with Crippen LogP contribution < -0.4 is 10.6 Å². The van der Waals surface area contributed by atoms with Gasteiger partial charge in [0.15, 0.2) is 5.96 Å². The monoisotopic (exact) mass is 363 g/mol. The fraction of sp³-hybridized carbons (Fsp3) is 0.650. The number of nitrogens with zero attached hydrogens (tertiary/aromatic N) is 3. The molecule has 1 heterocycles. The van der Waals surface area contributed by atoms with E-state index in [0.29, 0.717) is 6.54 Å². The average molecular weight is 364 g/mol. The lowest BCUT2D eigenvalue weighted by atomic mass is 9.84.